The summed E-state index contributed by atoms with van der Waals surface area (Å²) in [6.45, 7) is 4.06. The quantitative estimate of drug-likeness (QED) is 0.744. The molecule has 0 saturated carbocycles. The van der Waals surface area contributed by atoms with Crippen molar-refractivity contribution >= 4 is 35.0 Å². The number of benzene rings is 2. The van der Waals surface area contributed by atoms with Crippen LogP contribution in [0.5, 0.6) is 0 Å². The highest BCUT2D eigenvalue weighted by Crippen LogP contribution is 2.54. The smallest absolute Gasteiger partial charge is 0.250 e. The van der Waals surface area contributed by atoms with Crippen LogP contribution in [0.4, 0.5) is 5.69 Å². The van der Waals surface area contributed by atoms with Gasteiger partial charge in [0, 0.05) is 18.2 Å². The van der Waals surface area contributed by atoms with Crippen molar-refractivity contribution in [1.29, 1.82) is 0 Å². The lowest BCUT2D eigenvalue weighted by Crippen LogP contribution is -2.53. The van der Waals surface area contributed by atoms with Crippen LogP contribution in [-0.4, -0.2) is 35.2 Å². The summed E-state index contributed by atoms with van der Waals surface area (Å²) in [7, 11) is 0. The van der Waals surface area contributed by atoms with Crippen LogP contribution in [-0.2, 0) is 26.3 Å². The number of likely N-dealkylation sites (tertiary alicyclic amines) is 1. The Morgan fingerprint density at radius 1 is 1.10 bits per heavy atom. The Morgan fingerprint density at radius 3 is 2.57 bits per heavy atom. The maximum atomic E-state index is 13.5. The summed E-state index contributed by atoms with van der Waals surface area (Å²) in [5, 5.41) is 6.60. The van der Waals surface area contributed by atoms with Crippen molar-refractivity contribution < 1.29 is 14.4 Å². The maximum Gasteiger partial charge on any atom is 0.250 e. The summed E-state index contributed by atoms with van der Waals surface area (Å²) in [5.41, 5.74) is 1.86. The first-order valence-corrected chi connectivity index (χ1v) is 10.5. The average molecular weight is 424 g/mol. The largest absolute Gasteiger partial charge is 0.323 e. The summed E-state index contributed by atoms with van der Waals surface area (Å²) in [6.07, 6.45) is 0.584. The normalized spacial score (nSPS) is 29.5. The van der Waals surface area contributed by atoms with Gasteiger partial charge in [-0.2, -0.15) is 0 Å². The third-order valence-corrected chi connectivity index (χ3v) is 6.92. The van der Waals surface area contributed by atoms with Crippen molar-refractivity contribution in [2.24, 2.45) is 11.8 Å². The van der Waals surface area contributed by atoms with E-state index in [-0.39, 0.29) is 23.8 Å². The van der Waals surface area contributed by atoms with Crippen molar-refractivity contribution in [1.82, 2.24) is 10.2 Å². The van der Waals surface area contributed by atoms with Crippen molar-refractivity contribution in [2.45, 2.75) is 31.8 Å². The minimum absolute atomic E-state index is 0.210. The predicted molar refractivity (Wildman–Crippen MR) is 113 cm³/mol. The number of carbonyl (C=O) groups is 3. The molecule has 3 heterocycles. The molecule has 2 N–H and O–H groups in total. The van der Waals surface area contributed by atoms with E-state index < -0.39 is 17.4 Å². The van der Waals surface area contributed by atoms with E-state index in [4.69, 9.17) is 11.6 Å². The molecule has 5 rings (SSSR count). The summed E-state index contributed by atoms with van der Waals surface area (Å²) < 4.78 is 0. The van der Waals surface area contributed by atoms with Gasteiger partial charge in [0.15, 0.2) is 0 Å². The number of imide groups is 1. The Labute approximate surface area is 179 Å². The second-order valence-corrected chi connectivity index (χ2v) is 8.84. The van der Waals surface area contributed by atoms with E-state index in [1.165, 1.54) is 4.90 Å². The van der Waals surface area contributed by atoms with E-state index in [0.717, 1.165) is 11.1 Å². The lowest BCUT2D eigenvalue weighted by Gasteiger charge is -2.29. The van der Waals surface area contributed by atoms with Gasteiger partial charge in [-0.05, 0) is 37.5 Å². The molecule has 154 valence electrons. The Hall–Kier alpha value is -2.70. The second kappa shape index (κ2) is 6.65. The molecule has 7 heteroatoms. The van der Waals surface area contributed by atoms with Gasteiger partial charge < -0.3 is 5.32 Å². The van der Waals surface area contributed by atoms with Gasteiger partial charge in [-0.1, -0.05) is 48.0 Å². The number of halogens is 1. The molecule has 0 bridgehead atoms. The Kier molecular flexibility index (Phi) is 4.27. The Bertz CT molecular complexity index is 1090. The first-order valence-electron chi connectivity index (χ1n) is 10.1. The molecule has 3 amide bonds. The number of fused-ring (bicyclic) bond motifs is 4. The topological polar surface area (TPSA) is 78.5 Å². The zero-order valence-electron chi connectivity index (χ0n) is 16.7. The number of hydrogen-bond acceptors (Lipinski definition) is 4. The zero-order valence-corrected chi connectivity index (χ0v) is 17.5. The average Bonchev–Trinajstić information content (AvgIpc) is 3.27. The summed E-state index contributed by atoms with van der Waals surface area (Å²) in [6, 6.07) is 13.1. The molecule has 6 nitrogen and oxygen atoms in total. The number of nitrogens with one attached hydrogen (secondary N) is 2. The highest BCUT2D eigenvalue weighted by Gasteiger charge is 2.69. The fourth-order valence-electron chi connectivity index (χ4n) is 5.32. The van der Waals surface area contributed by atoms with Crippen LogP contribution < -0.4 is 10.6 Å². The molecule has 0 aliphatic carbocycles. The van der Waals surface area contributed by atoms with Crippen LogP contribution in [0.1, 0.15) is 23.6 Å². The molecule has 30 heavy (non-hydrogen) atoms. The molecule has 2 fully saturated rings. The summed E-state index contributed by atoms with van der Waals surface area (Å²) >= 11 is 6.39. The fourth-order valence-corrected chi connectivity index (χ4v) is 5.64. The Morgan fingerprint density at radius 2 is 1.83 bits per heavy atom. The van der Waals surface area contributed by atoms with E-state index in [0.29, 0.717) is 29.2 Å². The van der Waals surface area contributed by atoms with Crippen LogP contribution in [0.15, 0.2) is 42.5 Å². The Balaban J connectivity index is 1.54. The predicted octanol–water partition coefficient (Wildman–Crippen LogP) is 2.63. The minimum Gasteiger partial charge on any atom is -0.323 e. The lowest BCUT2D eigenvalue weighted by atomic mass is 9.76. The van der Waals surface area contributed by atoms with Crippen molar-refractivity contribution in [2.75, 3.05) is 11.9 Å². The molecule has 2 aromatic rings. The van der Waals surface area contributed by atoms with Crippen LogP contribution in [0.3, 0.4) is 0 Å². The SMILES string of the molecule is Cc1cc(Cl)c2c(c1)C1(NC(C)C3C(=O)N(CCc4ccccc4)C(=O)C31)C(=O)N2. The molecule has 2 aromatic carbocycles. The summed E-state index contributed by atoms with van der Waals surface area (Å²) in [4.78, 5) is 41.3. The molecular formula is C23H22ClN3O3. The van der Waals surface area contributed by atoms with Gasteiger partial charge in [0.05, 0.1) is 22.5 Å². The molecule has 1 spiro atoms. The van der Waals surface area contributed by atoms with Gasteiger partial charge in [-0.3, -0.25) is 24.6 Å². The number of carbonyl (C=O) groups excluding carboxylic acids is 3. The standard InChI is InChI=1S/C23H22ClN3O3/c1-12-10-15-19(16(24)11-12)25-22(30)23(15)18-17(13(2)26-23)20(28)27(21(18)29)9-8-14-6-4-3-5-7-14/h3-7,10-11,13,17-18,26H,8-9H2,1-2H3,(H,25,30). The van der Waals surface area contributed by atoms with Crippen molar-refractivity contribution in [3.8, 4) is 0 Å². The number of hydrogen-bond donors (Lipinski definition) is 2. The first kappa shape index (κ1) is 19.3. The third-order valence-electron chi connectivity index (χ3n) is 6.63. The first-order chi connectivity index (χ1) is 14.3. The number of aryl methyl sites for hydroxylation is 1. The van der Waals surface area contributed by atoms with E-state index in [9.17, 15) is 14.4 Å². The van der Waals surface area contributed by atoms with Gasteiger partial charge >= 0.3 is 0 Å². The highest BCUT2D eigenvalue weighted by molar-refractivity contribution is 6.35. The number of anilines is 1. The molecule has 0 aromatic heterocycles. The minimum atomic E-state index is -1.27. The van der Waals surface area contributed by atoms with E-state index in [1.54, 1.807) is 6.07 Å². The highest BCUT2D eigenvalue weighted by atomic mass is 35.5. The van der Waals surface area contributed by atoms with Gasteiger partial charge in [0.2, 0.25) is 17.7 Å². The third kappa shape index (κ3) is 2.50. The molecule has 3 aliphatic rings. The van der Waals surface area contributed by atoms with Crippen LogP contribution in [0.2, 0.25) is 5.02 Å². The van der Waals surface area contributed by atoms with Crippen LogP contribution in [0.25, 0.3) is 0 Å². The van der Waals surface area contributed by atoms with Crippen LogP contribution >= 0.6 is 11.6 Å². The van der Waals surface area contributed by atoms with Gasteiger partial charge in [0.25, 0.3) is 0 Å². The molecular weight excluding hydrogens is 402 g/mol. The number of nitrogens with zero attached hydrogens (tertiary/aromatic N) is 1. The van der Waals surface area contributed by atoms with Crippen LogP contribution in [0, 0.1) is 18.8 Å². The number of rotatable bonds is 3. The van der Waals surface area contributed by atoms with Gasteiger partial charge in [-0.15, -0.1) is 0 Å². The van der Waals surface area contributed by atoms with E-state index in [2.05, 4.69) is 10.6 Å². The molecule has 0 radical (unpaired) electrons. The van der Waals surface area contributed by atoms with Crippen molar-refractivity contribution in [3.63, 3.8) is 0 Å². The second-order valence-electron chi connectivity index (χ2n) is 8.43. The maximum absolute atomic E-state index is 13.5. The fraction of sp³-hybridized carbons (Fsp3) is 0.348. The van der Waals surface area contributed by atoms with Gasteiger partial charge in [0.1, 0.15) is 5.54 Å². The molecule has 3 aliphatic heterocycles. The van der Waals surface area contributed by atoms with Gasteiger partial charge in [-0.25, -0.2) is 0 Å². The lowest BCUT2D eigenvalue weighted by molar-refractivity contribution is -0.142. The number of amides is 3. The molecule has 4 atom stereocenters. The molecule has 2 saturated heterocycles. The molecule has 4 unspecified atom stereocenters. The van der Waals surface area contributed by atoms with Crippen molar-refractivity contribution in [3.05, 3.63) is 64.2 Å². The summed E-state index contributed by atoms with van der Waals surface area (Å²) in [5.74, 6) is -2.19. The van der Waals surface area contributed by atoms with E-state index in [1.807, 2.05) is 50.2 Å². The zero-order chi connectivity index (χ0) is 21.2. The monoisotopic (exact) mass is 423 g/mol. The van der Waals surface area contributed by atoms with E-state index >= 15 is 0 Å².